The Morgan fingerprint density at radius 1 is 1.00 bits per heavy atom. The van der Waals surface area contributed by atoms with Gasteiger partial charge in [0.2, 0.25) is 0 Å². The Balaban J connectivity index is 1.51. The Bertz CT molecular complexity index is 1120. The summed E-state index contributed by atoms with van der Waals surface area (Å²) in [6.07, 6.45) is 0.592. The molecular formula is C23H20N2O4. The van der Waals surface area contributed by atoms with E-state index < -0.39 is 5.97 Å². The summed E-state index contributed by atoms with van der Waals surface area (Å²) in [4.78, 5) is 43.3. The van der Waals surface area contributed by atoms with Gasteiger partial charge in [-0.15, -0.1) is 0 Å². The van der Waals surface area contributed by atoms with Crippen molar-refractivity contribution in [3.8, 4) is 0 Å². The van der Waals surface area contributed by atoms with Crippen LogP contribution in [0, 0.1) is 6.92 Å². The lowest BCUT2D eigenvalue weighted by molar-refractivity contribution is 0.0418. The van der Waals surface area contributed by atoms with Crippen molar-refractivity contribution in [1.82, 2.24) is 9.88 Å². The average Bonchev–Trinajstić information content (AvgIpc) is 2.98. The summed E-state index contributed by atoms with van der Waals surface area (Å²) in [6, 6.07) is 14.3. The van der Waals surface area contributed by atoms with Crippen LogP contribution in [0.1, 0.15) is 49.3 Å². The molecule has 4 rings (SSSR count). The maximum Gasteiger partial charge on any atom is 0.340 e. The highest BCUT2D eigenvalue weighted by atomic mass is 16.5. The lowest BCUT2D eigenvalue weighted by Gasteiger charge is -2.16. The van der Waals surface area contributed by atoms with Crippen LogP contribution in [0.3, 0.4) is 0 Å². The smallest absolute Gasteiger partial charge is 0.340 e. The fourth-order valence-electron chi connectivity index (χ4n) is 3.71. The molecule has 0 radical (unpaired) electrons. The van der Waals surface area contributed by atoms with Crippen molar-refractivity contribution in [2.24, 2.45) is 0 Å². The maximum absolute atomic E-state index is 12.8. The van der Waals surface area contributed by atoms with Crippen molar-refractivity contribution >= 4 is 28.7 Å². The first-order valence-electron chi connectivity index (χ1n) is 9.53. The van der Waals surface area contributed by atoms with Crippen LogP contribution in [0.5, 0.6) is 0 Å². The number of hydrogen-bond donors (Lipinski definition) is 0. The van der Waals surface area contributed by atoms with Gasteiger partial charge in [-0.2, -0.15) is 0 Å². The second-order valence-corrected chi connectivity index (χ2v) is 6.87. The molecule has 1 aliphatic rings. The summed E-state index contributed by atoms with van der Waals surface area (Å²) in [5.74, 6) is -1.21. The van der Waals surface area contributed by atoms with Gasteiger partial charge in [0.1, 0.15) is 6.61 Å². The summed E-state index contributed by atoms with van der Waals surface area (Å²) >= 11 is 0. The molecule has 2 heterocycles. The monoisotopic (exact) mass is 388 g/mol. The highest BCUT2D eigenvalue weighted by Crippen LogP contribution is 2.25. The molecule has 29 heavy (non-hydrogen) atoms. The molecule has 3 aromatic rings. The number of benzene rings is 2. The summed E-state index contributed by atoms with van der Waals surface area (Å²) in [5, 5.41) is 0.900. The van der Waals surface area contributed by atoms with Gasteiger partial charge in [0.15, 0.2) is 0 Å². The van der Waals surface area contributed by atoms with E-state index in [4.69, 9.17) is 4.74 Å². The van der Waals surface area contributed by atoms with E-state index in [0.717, 1.165) is 21.4 Å². The number of aryl methyl sites for hydroxylation is 2. The zero-order valence-corrected chi connectivity index (χ0v) is 16.3. The van der Waals surface area contributed by atoms with Crippen molar-refractivity contribution < 1.29 is 19.1 Å². The van der Waals surface area contributed by atoms with Crippen LogP contribution < -0.4 is 0 Å². The summed E-state index contributed by atoms with van der Waals surface area (Å²) in [7, 11) is 0. The minimum absolute atomic E-state index is 0.0135. The highest BCUT2D eigenvalue weighted by molar-refractivity contribution is 6.21. The van der Waals surface area contributed by atoms with E-state index in [0.29, 0.717) is 28.8 Å². The van der Waals surface area contributed by atoms with Crippen LogP contribution in [0.15, 0.2) is 48.5 Å². The predicted octanol–water partition coefficient (Wildman–Crippen LogP) is 3.56. The topological polar surface area (TPSA) is 76.6 Å². The van der Waals surface area contributed by atoms with E-state index in [1.54, 1.807) is 24.3 Å². The first-order chi connectivity index (χ1) is 14.0. The second kappa shape index (κ2) is 7.47. The Morgan fingerprint density at radius 2 is 1.62 bits per heavy atom. The number of rotatable bonds is 5. The van der Waals surface area contributed by atoms with E-state index in [-0.39, 0.29) is 25.0 Å². The number of para-hydroxylation sites is 1. The van der Waals surface area contributed by atoms with Gasteiger partial charge in [0.25, 0.3) is 11.8 Å². The van der Waals surface area contributed by atoms with Gasteiger partial charge in [-0.25, -0.2) is 4.79 Å². The van der Waals surface area contributed by atoms with Crippen LogP contribution in [-0.2, 0) is 11.2 Å². The number of imide groups is 1. The fourth-order valence-corrected chi connectivity index (χ4v) is 3.71. The van der Waals surface area contributed by atoms with Crippen molar-refractivity contribution in [2.75, 3.05) is 13.2 Å². The number of ether oxygens (including phenoxy) is 1. The number of carbonyl (C=O) groups is 3. The predicted molar refractivity (Wildman–Crippen MR) is 108 cm³/mol. The van der Waals surface area contributed by atoms with Crippen LogP contribution in [0.25, 0.3) is 10.9 Å². The number of fused-ring (bicyclic) bond motifs is 2. The van der Waals surface area contributed by atoms with E-state index >= 15 is 0 Å². The molecule has 0 saturated carbocycles. The standard InChI is InChI=1S/C23H20N2O4/c1-3-18-20(14(2)15-8-6-7-11-19(15)24-18)23(28)29-13-12-25-21(26)16-9-4-5-10-17(16)22(25)27/h4-11H,3,12-13H2,1-2H3. The Labute approximate surface area is 168 Å². The SMILES string of the molecule is CCc1nc2ccccc2c(C)c1C(=O)OCCN1C(=O)c2ccccc2C1=O. The Morgan fingerprint density at radius 3 is 2.28 bits per heavy atom. The number of pyridine rings is 1. The number of aromatic nitrogens is 1. The van der Waals surface area contributed by atoms with Crippen molar-refractivity contribution in [1.29, 1.82) is 0 Å². The van der Waals surface area contributed by atoms with Crippen molar-refractivity contribution in [3.05, 3.63) is 76.5 Å². The second-order valence-electron chi connectivity index (χ2n) is 6.87. The lowest BCUT2D eigenvalue weighted by atomic mass is 10.0. The normalized spacial score (nSPS) is 13.1. The first kappa shape index (κ1) is 18.8. The molecule has 0 spiro atoms. The summed E-state index contributed by atoms with van der Waals surface area (Å²) in [6.45, 7) is 3.76. The minimum atomic E-state index is -0.491. The fraction of sp³-hybridized carbons (Fsp3) is 0.217. The molecular weight excluding hydrogens is 368 g/mol. The van der Waals surface area contributed by atoms with Crippen LogP contribution >= 0.6 is 0 Å². The zero-order valence-electron chi connectivity index (χ0n) is 16.3. The number of hydrogen-bond acceptors (Lipinski definition) is 5. The van der Waals surface area contributed by atoms with E-state index in [2.05, 4.69) is 4.98 Å². The van der Waals surface area contributed by atoms with E-state index in [1.807, 2.05) is 38.1 Å². The third-order valence-electron chi connectivity index (χ3n) is 5.19. The summed E-state index contributed by atoms with van der Waals surface area (Å²) < 4.78 is 5.43. The van der Waals surface area contributed by atoms with E-state index in [1.165, 1.54) is 0 Å². The number of amides is 2. The van der Waals surface area contributed by atoms with E-state index in [9.17, 15) is 14.4 Å². The molecule has 0 bridgehead atoms. The molecule has 1 aromatic heterocycles. The molecule has 1 aliphatic heterocycles. The molecule has 2 amide bonds. The molecule has 6 nitrogen and oxygen atoms in total. The Hall–Kier alpha value is -3.54. The molecule has 0 aliphatic carbocycles. The largest absolute Gasteiger partial charge is 0.460 e. The number of esters is 1. The van der Waals surface area contributed by atoms with Gasteiger partial charge in [-0.05, 0) is 37.1 Å². The molecule has 6 heteroatoms. The quantitative estimate of drug-likeness (QED) is 0.493. The highest BCUT2D eigenvalue weighted by Gasteiger charge is 2.35. The average molecular weight is 388 g/mol. The number of nitrogens with zero attached hydrogens (tertiary/aromatic N) is 2. The lowest BCUT2D eigenvalue weighted by Crippen LogP contribution is -2.33. The number of carbonyl (C=O) groups excluding carboxylic acids is 3. The molecule has 2 aromatic carbocycles. The molecule has 0 fully saturated rings. The zero-order chi connectivity index (χ0) is 20.5. The van der Waals surface area contributed by atoms with Gasteiger partial charge < -0.3 is 4.74 Å². The molecule has 0 atom stereocenters. The van der Waals surface area contributed by atoms with Crippen LogP contribution in [0.4, 0.5) is 0 Å². The van der Waals surface area contributed by atoms with Crippen LogP contribution in [-0.4, -0.2) is 40.8 Å². The van der Waals surface area contributed by atoms with Gasteiger partial charge >= 0.3 is 5.97 Å². The van der Waals surface area contributed by atoms with Gasteiger partial charge in [-0.1, -0.05) is 37.3 Å². The molecule has 0 N–H and O–H groups in total. The van der Waals surface area contributed by atoms with Crippen molar-refractivity contribution in [3.63, 3.8) is 0 Å². The third kappa shape index (κ3) is 3.16. The van der Waals surface area contributed by atoms with Gasteiger partial charge in [0.05, 0.1) is 34.4 Å². The molecule has 146 valence electrons. The molecule has 0 saturated heterocycles. The van der Waals surface area contributed by atoms with Crippen molar-refractivity contribution in [2.45, 2.75) is 20.3 Å². The third-order valence-corrected chi connectivity index (χ3v) is 5.19. The molecule has 0 unspecified atom stereocenters. The summed E-state index contributed by atoms with van der Waals surface area (Å²) in [5.41, 5.74) is 3.54. The maximum atomic E-state index is 12.8. The van der Waals surface area contributed by atoms with Crippen LogP contribution in [0.2, 0.25) is 0 Å². The Kier molecular flexibility index (Phi) is 4.84. The first-order valence-corrected chi connectivity index (χ1v) is 9.53. The minimum Gasteiger partial charge on any atom is -0.460 e. The van der Waals surface area contributed by atoms with Gasteiger partial charge in [0, 0.05) is 5.39 Å². The van der Waals surface area contributed by atoms with Gasteiger partial charge in [-0.3, -0.25) is 19.5 Å².